The fraction of sp³-hybridized carbons (Fsp3) is 0.364. The van der Waals surface area contributed by atoms with E-state index in [1.807, 2.05) is 46.2 Å². The van der Waals surface area contributed by atoms with Crippen molar-refractivity contribution < 1.29 is 9.59 Å². The van der Waals surface area contributed by atoms with Crippen LogP contribution in [0.5, 0.6) is 0 Å². The highest BCUT2D eigenvalue weighted by Crippen LogP contribution is 2.28. The first-order chi connectivity index (χ1) is 14.7. The summed E-state index contributed by atoms with van der Waals surface area (Å²) in [5.74, 6) is 0.207. The molecule has 7 nitrogen and oxygen atoms in total. The van der Waals surface area contributed by atoms with E-state index in [0.29, 0.717) is 25.1 Å². The number of rotatable bonds is 3. The molecule has 2 aliphatic rings. The second-order valence-electron chi connectivity index (χ2n) is 7.65. The molecule has 2 amide bonds. The van der Waals surface area contributed by atoms with Gasteiger partial charge in [-0.05, 0) is 49.2 Å². The van der Waals surface area contributed by atoms with E-state index in [1.54, 1.807) is 17.5 Å². The molecular formula is C22H23N5O2S. The van der Waals surface area contributed by atoms with Crippen molar-refractivity contribution in [3.63, 3.8) is 0 Å². The summed E-state index contributed by atoms with van der Waals surface area (Å²) >= 11 is 1.59. The van der Waals surface area contributed by atoms with Gasteiger partial charge in [-0.3, -0.25) is 9.59 Å². The van der Waals surface area contributed by atoms with Crippen LogP contribution >= 0.6 is 11.3 Å². The highest BCUT2D eigenvalue weighted by atomic mass is 32.1. The minimum Gasteiger partial charge on any atom is -0.344 e. The largest absolute Gasteiger partial charge is 0.344 e. The van der Waals surface area contributed by atoms with E-state index in [9.17, 15) is 9.59 Å². The number of piperazine rings is 1. The van der Waals surface area contributed by atoms with Gasteiger partial charge in [0.25, 0.3) is 5.91 Å². The predicted molar refractivity (Wildman–Crippen MR) is 118 cm³/mol. The maximum absolute atomic E-state index is 12.9. The summed E-state index contributed by atoms with van der Waals surface area (Å²) in [6.07, 6.45) is 4.38. The van der Waals surface area contributed by atoms with Crippen molar-refractivity contribution in [1.29, 1.82) is 0 Å². The van der Waals surface area contributed by atoms with Crippen LogP contribution in [0.15, 0.2) is 42.6 Å². The van der Waals surface area contributed by atoms with Crippen molar-refractivity contribution in [2.24, 2.45) is 0 Å². The van der Waals surface area contributed by atoms with Crippen molar-refractivity contribution in [3.8, 4) is 0 Å². The SMILES string of the molecule is O=C(c1ccc(N2CCCCC2=O)cc1)N1CCN(c2nc3cccnc3s2)CC1. The Kier molecular flexibility index (Phi) is 5.08. The number of amides is 2. The topological polar surface area (TPSA) is 69.6 Å². The monoisotopic (exact) mass is 421 g/mol. The van der Waals surface area contributed by atoms with E-state index in [4.69, 9.17) is 0 Å². The van der Waals surface area contributed by atoms with E-state index < -0.39 is 0 Å². The Morgan fingerprint density at radius 1 is 0.967 bits per heavy atom. The van der Waals surface area contributed by atoms with E-state index in [2.05, 4.69) is 14.9 Å². The molecule has 0 aliphatic carbocycles. The van der Waals surface area contributed by atoms with E-state index in [-0.39, 0.29) is 11.8 Å². The molecule has 0 N–H and O–H groups in total. The van der Waals surface area contributed by atoms with E-state index >= 15 is 0 Å². The van der Waals surface area contributed by atoms with Crippen LogP contribution in [0.25, 0.3) is 10.3 Å². The molecule has 2 aliphatic heterocycles. The number of pyridine rings is 1. The Morgan fingerprint density at radius 3 is 2.50 bits per heavy atom. The third-order valence-electron chi connectivity index (χ3n) is 5.74. The van der Waals surface area contributed by atoms with Crippen molar-refractivity contribution in [3.05, 3.63) is 48.2 Å². The molecule has 30 heavy (non-hydrogen) atoms. The molecule has 3 aromatic rings. The molecule has 2 aromatic heterocycles. The Balaban J connectivity index is 1.22. The molecule has 0 unspecified atom stereocenters. The lowest BCUT2D eigenvalue weighted by Crippen LogP contribution is -2.48. The first-order valence-electron chi connectivity index (χ1n) is 10.4. The van der Waals surface area contributed by atoms with Crippen LogP contribution in [-0.2, 0) is 4.79 Å². The summed E-state index contributed by atoms with van der Waals surface area (Å²) in [5.41, 5.74) is 2.47. The lowest BCUT2D eigenvalue weighted by atomic mass is 10.1. The van der Waals surface area contributed by atoms with Crippen molar-refractivity contribution in [2.45, 2.75) is 19.3 Å². The number of nitrogens with zero attached hydrogens (tertiary/aromatic N) is 5. The van der Waals surface area contributed by atoms with Gasteiger partial charge >= 0.3 is 0 Å². The molecule has 0 atom stereocenters. The number of fused-ring (bicyclic) bond motifs is 1. The van der Waals surface area contributed by atoms with Gasteiger partial charge in [-0.25, -0.2) is 9.97 Å². The first-order valence-corrected chi connectivity index (χ1v) is 11.2. The smallest absolute Gasteiger partial charge is 0.253 e. The third kappa shape index (κ3) is 3.63. The maximum Gasteiger partial charge on any atom is 0.253 e. The number of carbonyl (C=O) groups is 2. The molecule has 2 fully saturated rings. The second-order valence-corrected chi connectivity index (χ2v) is 8.61. The van der Waals surface area contributed by atoms with Crippen LogP contribution in [0.4, 0.5) is 10.8 Å². The zero-order chi connectivity index (χ0) is 20.5. The average Bonchev–Trinajstić information content (AvgIpc) is 3.24. The summed E-state index contributed by atoms with van der Waals surface area (Å²) in [4.78, 5) is 41.0. The zero-order valence-corrected chi connectivity index (χ0v) is 17.5. The molecule has 0 radical (unpaired) electrons. The van der Waals surface area contributed by atoms with Gasteiger partial charge in [0, 0.05) is 56.6 Å². The molecule has 1 aromatic carbocycles. The molecule has 154 valence electrons. The number of benzene rings is 1. The number of piperidine rings is 1. The molecule has 5 rings (SSSR count). The van der Waals surface area contributed by atoms with Gasteiger partial charge in [-0.15, -0.1) is 0 Å². The lowest BCUT2D eigenvalue weighted by Gasteiger charge is -2.34. The number of hydrogen-bond donors (Lipinski definition) is 0. The number of thiazole rings is 1. The first kappa shape index (κ1) is 19.0. The predicted octanol–water partition coefficient (Wildman–Crippen LogP) is 3.17. The summed E-state index contributed by atoms with van der Waals surface area (Å²) in [6.45, 7) is 3.59. The third-order valence-corrected chi connectivity index (χ3v) is 6.78. The normalized spacial score (nSPS) is 17.6. The quantitative estimate of drug-likeness (QED) is 0.650. The van der Waals surface area contributed by atoms with Gasteiger partial charge in [-0.1, -0.05) is 11.3 Å². The van der Waals surface area contributed by atoms with Crippen molar-refractivity contribution in [2.75, 3.05) is 42.5 Å². The molecule has 0 bridgehead atoms. The fourth-order valence-corrected chi connectivity index (χ4v) is 5.00. The Morgan fingerprint density at radius 2 is 1.77 bits per heavy atom. The standard InChI is InChI=1S/C22H23N5O2S/c28-19-5-1-2-11-27(19)17-8-6-16(7-9-17)21(29)25-12-14-26(15-13-25)22-24-18-4-3-10-23-20(18)30-22/h3-4,6-10H,1-2,5,11-15H2. The Hall–Kier alpha value is -3.00. The van der Waals surface area contributed by atoms with Gasteiger partial charge in [-0.2, -0.15) is 0 Å². The molecule has 4 heterocycles. The summed E-state index contributed by atoms with van der Waals surface area (Å²) in [7, 11) is 0. The van der Waals surface area contributed by atoms with Gasteiger partial charge < -0.3 is 14.7 Å². The molecule has 0 saturated carbocycles. The van der Waals surface area contributed by atoms with Gasteiger partial charge in [0.1, 0.15) is 10.3 Å². The number of anilines is 2. The Labute approximate surface area is 178 Å². The second kappa shape index (κ2) is 8.02. The van der Waals surface area contributed by atoms with E-state index in [1.165, 1.54) is 0 Å². The van der Waals surface area contributed by atoms with Gasteiger partial charge in [0.05, 0.1) is 0 Å². The fourth-order valence-electron chi connectivity index (χ4n) is 4.04. The molecular weight excluding hydrogens is 398 g/mol. The summed E-state index contributed by atoms with van der Waals surface area (Å²) < 4.78 is 0. The summed E-state index contributed by atoms with van der Waals surface area (Å²) in [6, 6.07) is 11.3. The maximum atomic E-state index is 12.9. The lowest BCUT2D eigenvalue weighted by molar-refractivity contribution is -0.119. The summed E-state index contributed by atoms with van der Waals surface area (Å²) in [5, 5.41) is 0.964. The van der Waals surface area contributed by atoms with Gasteiger partial charge in [0.2, 0.25) is 5.91 Å². The zero-order valence-electron chi connectivity index (χ0n) is 16.7. The van der Waals surface area contributed by atoms with Crippen LogP contribution < -0.4 is 9.80 Å². The van der Waals surface area contributed by atoms with Crippen molar-refractivity contribution >= 4 is 44.3 Å². The van der Waals surface area contributed by atoms with Crippen LogP contribution in [0.2, 0.25) is 0 Å². The minimum atomic E-state index is 0.0390. The Bertz CT molecular complexity index is 1040. The molecule has 2 saturated heterocycles. The molecule has 0 spiro atoms. The number of aromatic nitrogens is 2. The van der Waals surface area contributed by atoms with Crippen LogP contribution in [0.1, 0.15) is 29.6 Å². The number of carbonyl (C=O) groups excluding carboxylic acids is 2. The molecule has 8 heteroatoms. The van der Waals surface area contributed by atoms with E-state index in [0.717, 1.165) is 53.6 Å². The van der Waals surface area contributed by atoms with Crippen LogP contribution in [0, 0.1) is 0 Å². The average molecular weight is 422 g/mol. The minimum absolute atomic E-state index is 0.0390. The number of hydrogen-bond acceptors (Lipinski definition) is 6. The van der Waals surface area contributed by atoms with Crippen molar-refractivity contribution in [1.82, 2.24) is 14.9 Å². The highest BCUT2D eigenvalue weighted by molar-refractivity contribution is 7.21. The highest BCUT2D eigenvalue weighted by Gasteiger charge is 2.25. The van der Waals surface area contributed by atoms with Gasteiger partial charge in [0.15, 0.2) is 5.13 Å². The van der Waals surface area contributed by atoms with Crippen LogP contribution in [0.3, 0.4) is 0 Å². The van der Waals surface area contributed by atoms with Crippen LogP contribution in [-0.4, -0.2) is 59.4 Å².